The van der Waals surface area contributed by atoms with Crippen molar-refractivity contribution in [3.63, 3.8) is 0 Å². The molecule has 168 valence electrons. The second-order valence-corrected chi connectivity index (χ2v) is 11.0. The number of rotatable bonds is 4. The molecule has 1 aliphatic carbocycles. The number of hydrogen-bond donors (Lipinski definition) is 1. The molecule has 3 aromatic rings. The van der Waals surface area contributed by atoms with E-state index >= 15 is 0 Å². The highest BCUT2D eigenvalue weighted by molar-refractivity contribution is 7.91. The van der Waals surface area contributed by atoms with E-state index in [1.165, 1.54) is 10.4 Å². The van der Waals surface area contributed by atoms with Gasteiger partial charge in [0, 0.05) is 23.2 Å². The molecule has 1 unspecified atom stereocenters. The van der Waals surface area contributed by atoms with Gasteiger partial charge >= 0.3 is 0 Å². The number of ketones is 2. The molecular formula is C24H20N2O5S2. The molecule has 1 fully saturated rings. The van der Waals surface area contributed by atoms with Crippen molar-refractivity contribution in [3.8, 4) is 0 Å². The Morgan fingerprint density at radius 2 is 1.64 bits per heavy atom. The second-order valence-electron chi connectivity index (χ2n) is 7.98. The van der Waals surface area contributed by atoms with Crippen molar-refractivity contribution in [1.29, 1.82) is 0 Å². The predicted octanol–water partition coefficient (Wildman–Crippen LogP) is 3.71. The summed E-state index contributed by atoms with van der Waals surface area (Å²) in [5.74, 6) is -1.14. The van der Waals surface area contributed by atoms with Crippen LogP contribution in [0, 0.1) is 0 Å². The van der Waals surface area contributed by atoms with Crippen molar-refractivity contribution in [2.45, 2.75) is 29.5 Å². The third-order valence-corrected chi connectivity index (χ3v) is 9.31. The monoisotopic (exact) mass is 480 g/mol. The van der Waals surface area contributed by atoms with Gasteiger partial charge < -0.3 is 5.32 Å². The Kier molecular flexibility index (Phi) is 5.48. The number of amides is 1. The summed E-state index contributed by atoms with van der Waals surface area (Å²) in [6.45, 7) is 0.246. The molecule has 2 aromatic carbocycles. The van der Waals surface area contributed by atoms with Crippen LogP contribution in [0.5, 0.6) is 0 Å². The fourth-order valence-electron chi connectivity index (χ4n) is 4.45. The first-order chi connectivity index (χ1) is 15.9. The zero-order valence-corrected chi connectivity index (χ0v) is 19.1. The maximum atomic E-state index is 13.3. The summed E-state index contributed by atoms with van der Waals surface area (Å²) in [5, 5.41) is 4.44. The summed E-state index contributed by atoms with van der Waals surface area (Å²) in [5.41, 5.74) is 1.20. The molecule has 0 bridgehead atoms. The highest BCUT2D eigenvalue weighted by Gasteiger charge is 2.39. The highest BCUT2D eigenvalue weighted by Crippen LogP contribution is 2.33. The molecule has 0 saturated carbocycles. The van der Waals surface area contributed by atoms with Gasteiger partial charge in [-0.05, 0) is 30.4 Å². The molecule has 7 nitrogen and oxygen atoms in total. The zero-order chi connectivity index (χ0) is 23.2. The molecule has 0 radical (unpaired) electrons. The van der Waals surface area contributed by atoms with Crippen molar-refractivity contribution < 1.29 is 22.8 Å². The largest absolute Gasteiger partial charge is 0.324 e. The van der Waals surface area contributed by atoms with Crippen molar-refractivity contribution >= 4 is 44.5 Å². The number of hydrogen-bond acceptors (Lipinski definition) is 6. The Morgan fingerprint density at radius 1 is 0.909 bits per heavy atom. The third-order valence-electron chi connectivity index (χ3n) is 6.02. The molecule has 1 aliphatic heterocycles. The van der Waals surface area contributed by atoms with Gasteiger partial charge in [0.2, 0.25) is 5.91 Å². The first kappa shape index (κ1) is 21.7. The Labute approximate surface area is 195 Å². The predicted molar refractivity (Wildman–Crippen MR) is 124 cm³/mol. The minimum absolute atomic E-state index is 0.137. The number of carbonyl (C=O) groups excluding carboxylic acids is 3. The van der Waals surface area contributed by atoms with E-state index in [9.17, 15) is 22.8 Å². The number of piperidine rings is 1. The third kappa shape index (κ3) is 3.62. The van der Waals surface area contributed by atoms with Crippen molar-refractivity contribution in [2.75, 3.05) is 11.9 Å². The lowest BCUT2D eigenvalue weighted by molar-refractivity contribution is -0.120. The average molecular weight is 481 g/mol. The SMILES string of the molecule is O=C1c2ccccc2C(=O)c2c(NC(=O)C3CCCCN3S(=O)(=O)c3cccs3)cccc21. The number of nitrogens with zero attached hydrogens (tertiary/aromatic N) is 1. The fraction of sp³-hybridized carbons (Fsp3) is 0.208. The van der Waals surface area contributed by atoms with Gasteiger partial charge in [-0.25, -0.2) is 8.42 Å². The number of carbonyl (C=O) groups is 3. The lowest BCUT2D eigenvalue weighted by Gasteiger charge is -2.33. The van der Waals surface area contributed by atoms with E-state index in [4.69, 9.17) is 0 Å². The number of fused-ring (bicyclic) bond motifs is 2. The molecule has 5 rings (SSSR count). The van der Waals surface area contributed by atoms with Crippen LogP contribution in [0.1, 0.15) is 51.1 Å². The van der Waals surface area contributed by atoms with Gasteiger partial charge in [0.15, 0.2) is 11.6 Å². The molecule has 1 atom stereocenters. The van der Waals surface area contributed by atoms with Crippen LogP contribution in [0.4, 0.5) is 5.69 Å². The van der Waals surface area contributed by atoms with E-state index in [0.29, 0.717) is 24.8 Å². The van der Waals surface area contributed by atoms with E-state index in [2.05, 4.69) is 5.32 Å². The quantitative estimate of drug-likeness (QED) is 0.480. The Balaban J connectivity index is 1.48. The topological polar surface area (TPSA) is 101 Å². The normalized spacial score (nSPS) is 18.5. The van der Waals surface area contributed by atoms with Gasteiger partial charge in [0.25, 0.3) is 10.0 Å². The molecule has 1 amide bonds. The maximum Gasteiger partial charge on any atom is 0.253 e. The van der Waals surface area contributed by atoms with Crippen LogP contribution in [0.15, 0.2) is 64.2 Å². The van der Waals surface area contributed by atoms with Crippen molar-refractivity contribution in [2.24, 2.45) is 0 Å². The first-order valence-electron chi connectivity index (χ1n) is 10.6. The van der Waals surface area contributed by atoms with Crippen molar-refractivity contribution in [3.05, 3.63) is 82.2 Å². The molecule has 33 heavy (non-hydrogen) atoms. The summed E-state index contributed by atoms with van der Waals surface area (Å²) < 4.78 is 27.7. The minimum atomic E-state index is -3.81. The first-order valence-corrected chi connectivity index (χ1v) is 12.9. The van der Waals surface area contributed by atoms with Crippen LogP contribution >= 0.6 is 11.3 Å². The van der Waals surface area contributed by atoms with Crippen LogP contribution in [0.3, 0.4) is 0 Å². The smallest absolute Gasteiger partial charge is 0.253 e. The van der Waals surface area contributed by atoms with Crippen LogP contribution in [-0.4, -0.2) is 42.8 Å². The molecule has 0 spiro atoms. The molecule has 2 aliphatic rings. The molecule has 9 heteroatoms. The van der Waals surface area contributed by atoms with Gasteiger partial charge in [-0.1, -0.05) is 48.9 Å². The van der Waals surface area contributed by atoms with Crippen LogP contribution in [-0.2, 0) is 14.8 Å². The zero-order valence-electron chi connectivity index (χ0n) is 17.5. The van der Waals surface area contributed by atoms with Gasteiger partial charge in [-0.2, -0.15) is 4.31 Å². The number of nitrogens with one attached hydrogen (secondary N) is 1. The summed E-state index contributed by atoms with van der Waals surface area (Å²) in [7, 11) is -3.81. The molecule has 1 saturated heterocycles. The fourth-order valence-corrected chi connectivity index (χ4v) is 7.22. The molecule has 1 aromatic heterocycles. The number of sulfonamides is 1. The lowest BCUT2D eigenvalue weighted by Crippen LogP contribution is -2.49. The van der Waals surface area contributed by atoms with Gasteiger partial charge in [-0.15, -0.1) is 11.3 Å². The Hall–Kier alpha value is -3.14. The Bertz CT molecular complexity index is 1380. The maximum absolute atomic E-state index is 13.3. The molecule has 2 heterocycles. The number of anilines is 1. The number of benzene rings is 2. The van der Waals surface area contributed by atoms with Crippen molar-refractivity contribution in [1.82, 2.24) is 4.31 Å². The number of thiophene rings is 1. The minimum Gasteiger partial charge on any atom is -0.324 e. The standard InChI is InChI=1S/C24H20N2O5S2/c27-22-15-7-1-2-8-16(15)23(28)21-17(22)9-5-10-18(21)25-24(29)19-11-3-4-13-26(19)33(30,31)20-12-6-14-32-20/h1-2,5-10,12,14,19H,3-4,11,13H2,(H,25,29). The molecular weight excluding hydrogens is 460 g/mol. The summed E-state index contributed by atoms with van der Waals surface area (Å²) in [4.78, 5) is 39.5. The van der Waals surface area contributed by atoms with Gasteiger partial charge in [0.1, 0.15) is 10.3 Å². The average Bonchev–Trinajstić information content (AvgIpc) is 3.38. The van der Waals surface area contributed by atoms with Gasteiger partial charge in [0.05, 0.1) is 11.3 Å². The highest BCUT2D eigenvalue weighted by atomic mass is 32.2. The molecule has 1 N–H and O–H groups in total. The van der Waals surface area contributed by atoms with E-state index in [1.54, 1.807) is 53.9 Å². The van der Waals surface area contributed by atoms with E-state index in [-0.39, 0.29) is 44.7 Å². The second kappa shape index (κ2) is 8.33. The summed E-state index contributed by atoms with van der Waals surface area (Å²) in [6, 6.07) is 13.6. The van der Waals surface area contributed by atoms with Crippen LogP contribution in [0.2, 0.25) is 0 Å². The van der Waals surface area contributed by atoms with Crippen LogP contribution in [0.25, 0.3) is 0 Å². The Morgan fingerprint density at radius 3 is 2.36 bits per heavy atom. The summed E-state index contributed by atoms with van der Waals surface area (Å²) in [6.07, 6.45) is 1.76. The van der Waals surface area contributed by atoms with Gasteiger partial charge in [-0.3, -0.25) is 14.4 Å². The summed E-state index contributed by atoms with van der Waals surface area (Å²) >= 11 is 1.11. The van der Waals surface area contributed by atoms with E-state index in [1.807, 2.05) is 0 Å². The van der Waals surface area contributed by atoms with E-state index < -0.39 is 22.0 Å². The van der Waals surface area contributed by atoms with E-state index in [0.717, 1.165) is 11.3 Å². The lowest BCUT2D eigenvalue weighted by atomic mass is 9.83. The van der Waals surface area contributed by atoms with Crippen LogP contribution < -0.4 is 5.32 Å².